The molecule has 1 N–H and O–H groups in total. The lowest BCUT2D eigenvalue weighted by molar-refractivity contribution is -0.120. The molecule has 0 saturated heterocycles. The fourth-order valence-corrected chi connectivity index (χ4v) is 4.81. The normalized spacial score (nSPS) is 10.8. The number of carbonyl (C=O) groups excluding carboxylic acids is 1. The van der Waals surface area contributed by atoms with E-state index < -0.39 is 0 Å². The maximum absolute atomic E-state index is 12.5. The van der Waals surface area contributed by atoms with Crippen LogP contribution < -0.4 is 24.3 Å². The van der Waals surface area contributed by atoms with Crippen molar-refractivity contribution in [2.75, 3.05) is 34.5 Å². The number of fused-ring (bicyclic) bond motifs is 1. The molecule has 0 spiro atoms. The van der Waals surface area contributed by atoms with Crippen LogP contribution in [-0.4, -0.2) is 49.9 Å². The molecule has 4 rings (SSSR count). The Morgan fingerprint density at radius 3 is 2.39 bits per heavy atom. The van der Waals surface area contributed by atoms with Crippen molar-refractivity contribution in [2.45, 2.75) is 38.6 Å². The van der Waals surface area contributed by atoms with Crippen LogP contribution in [0, 0.1) is 0 Å². The molecule has 0 unspecified atom stereocenters. The van der Waals surface area contributed by atoms with Crippen molar-refractivity contribution in [2.24, 2.45) is 0 Å². The van der Waals surface area contributed by atoms with Gasteiger partial charge < -0.3 is 28.8 Å². The Bertz CT molecular complexity index is 1460. The fraction of sp³-hybridized carbons (Fsp3) is 0.333. The Morgan fingerprint density at radius 2 is 1.61 bits per heavy atom. The first-order valence-electron chi connectivity index (χ1n) is 13.9. The van der Waals surface area contributed by atoms with Crippen LogP contribution in [0.1, 0.15) is 29.8 Å². The van der Waals surface area contributed by atoms with Crippen molar-refractivity contribution < 1.29 is 23.7 Å². The lowest BCUT2D eigenvalue weighted by Gasteiger charge is -2.13. The number of nitrogens with zero attached hydrogens (tertiary/aromatic N) is 2. The van der Waals surface area contributed by atoms with Gasteiger partial charge in [0.2, 0.25) is 5.91 Å². The highest BCUT2D eigenvalue weighted by molar-refractivity contribution is 5.79. The molecule has 8 heteroatoms. The third kappa shape index (κ3) is 7.81. The molecule has 0 fully saturated rings. The van der Waals surface area contributed by atoms with Crippen molar-refractivity contribution in [3.63, 3.8) is 0 Å². The predicted molar refractivity (Wildman–Crippen MR) is 161 cm³/mol. The van der Waals surface area contributed by atoms with Crippen LogP contribution in [-0.2, 0) is 30.6 Å². The second-order valence-corrected chi connectivity index (χ2v) is 9.67. The zero-order valence-electron chi connectivity index (χ0n) is 24.2. The molecule has 3 aromatic carbocycles. The van der Waals surface area contributed by atoms with Gasteiger partial charge in [-0.3, -0.25) is 4.79 Å². The third-order valence-corrected chi connectivity index (χ3v) is 6.84. The molecule has 0 bridgehead atoms. The largest absolute Gasteiger partial charge is 0.493 e. The molecule has 0 atom stereocenters. The number of nitrogens with one attached hydrogen (secondary N) is 1. The Morgan fingerprint density at radius 1 is 0.902 bits per heavy atom. The third-order valence-electron chi connectivity index (χ3n) is 6.84. The number of amides is 1. The molecule has 216 valence electrons. The Balaban J connectivity index is 1.30. The summed E-state index contributed by atoms with van der Waals surface area (Å²) in [5, 5.41) is 3.03. The van der Waals surface area contributed by atoms with Gasteiger partial charge in [-0.2, -0.15) is 0 Å². The van der Waals surface area contributed by atoms with Crippen molar-refractivity contribution >= 4 is 16.9 Å². The van der Waals surface area contributed by atoms with E-state index in [1.54, 1.807) is 21.3 Å². The molecule has 0 aliphatic carbocycles. The van der Waals surface area contributed by atoms with E-state index >= 15 is 0 Å². The number of imidazole rings is 1. The minimum absolute atomic E-state index is 0.0316. The van der Waals surface area contributed by atoms with E-state index in [0.717, 1.165) is 71.7 Å². The molecular weight excluding hydrogens is 518 g/mol. The highest BCUT2D eigenvalue weighted by Crippen LogP contribution is 2.29. The zero-order chi connectivity index (χ0) is 29.0. The Labute approximate surface area is 241 Å². The van der Waals surface area contributed by atoms with Gasteiger partial charge in [0.15, 0.2) is 23.0 Å². The first-order valence-corrected chi connectivity index (χ1v) is 13.9. The van der Waals surface area contributed by atoms with Crippen LogP contribution in [0.4, 0.5) is 0 Å². The van der Waals surface area contributed by atoms with Gasteiger partial charge in [0.1, 0.15) is 5.82 Å². The van der Waals surface area contributed by atoms with Gasteiger partial charge in [-0.25, -0.2) is 4.98 Å². The number of aromatic nitrogens is 2. The Hall–Kier alpha value is -4.46. The number of rotatable bonds is 16. The van der Waals surface area contributed by atoms with Crippen LogP contribution in [0.25, 0.3) is 11.0 Å². The van der Waals surface area contributed by atoms with E-state index in [1.165, 1.54) is 0 Å². The molecule has 0 radical (unpaired) electrons. The van der Waals surface area contributed by atoms with E-state index in [0.29, 0.717) is 24.7 Å². The average Bonchev–Trinajstić information content (AvgIpc) is 3.35. The minimum Gasteiger partial charge on any atom is -0.493 e. The summed E-state index contributed by atoms with van der Waals surface area (Å²) in [4.78, 5) is 17.4. The molecule has 4 aromatic rings. The number of ether oxygens (including phenoxy) is 4. The summed E-state index contributed by atoms with van der Waals surface area (Å²) < 4.78 is 24.5. The Kier molecular flexibility index (Phi) is 10.7. The number of methoxy groups -OCH3 is 3. The summed E-state index contributed by atoms with van der Waals surface area (Å²) in [6, 6.07) is 19.7. The number of carbonyl (C=O) groups is 1. The molecular formula is C33H39N3O5. The number of benzene rings is 3. The summed E-state index contributed by atoms with van der Waals surface area (Å²) in [7, 11) is 4.83. The number of allylic oxidation sites excluding steroid dienone is 1. The molecule has 8 nitrogen and oxygen atoms in total. The van der Waals surface area contributed by atoms with Gasteiger partial charge in [-0.15, -0.1) is 6.58 Å². The van der Waals surface area contributed by atoms with Crippen molar-refractivity contribution in [1.82, 2.24) is 14.9 Å². The molecule has 41 heavy (non-hydrogen) atoms. The summed E-state index contributed by atoms with van der Waals surface area (Å²) >= 11 is 0. The smallest absolute Gasteiger partial charge is 0.224 e. The van der Waals surface area contributed by atoms with Gasteiger partial charge in [0.25, 0.3) is 0 Å². The fourth-order valence-electron chi connectivity index (χ4n) is 4.81. The zero-order valence-corrected chi connectivity index (χ0v) is 24.2. The first-order chi connectivity index (χ1) is 20.1. The van der Waals surface area contributed by atoms with Crippen molar-refractivity contribution in [3.8, 4) is 23.0 Å². The molecule has 1 heterocycles. The SMILES string of the molecule is C=CCc1ccc(OCCCn2c(CCCNC(=O)Cc3ccc(OC)c(OC)c3)nc3ccccc32)c(OC)c1. The van der Waals surface area contributed by atoms with Gasteiger partial charge in [-0.1, -0.05) is 30.3 Å². The van der Waals surface area contributed by atoms with Crippen molar-refractivity contribution in [3.05, 3.63) is 90.3 Å². The lowest BCUT2D eigenvalue weighted by atomic mass is 10.1. The van der Waals surface area contributed by atoms with E-state index in [2.05, 4.69) is 22.5 Å². The lowest BCUT2D eigenvalue weighted by Crippen LogP contribution is -2.26. The van der Waals surface area contributed by atoms with Crippen LogP contribution in [0.2, 0.25) is 0 Å². The average molecular weight is 558 g/mol. The van der Waals surface area contributed by atoms with Gasteiger partial charge in [0.05, 0.1) is 45.4 Å². The summed E-state index contributed by atoms with van der Waals surface area (Å²) in [5.41, 5.74) is 4.08. The van der Waals surface area contributed by atoms with Crippen LogP contribution in [0.3, 0.4) is 0 Å². The maximum atomic E-state index is 12.5. The second kappa shape index (κ2) is 14.8. The van der Waals surface area contributed by atoms with Crippen LogP contribution in [0.15, 0.2) is 73.3 Å². The number of para-hydroxylation sites is 2. The summed E-state index contributed by atoms with van der Waals surface area (Å²) in [5.74, 6) is 3.69. The first kappa shape index (κ1) is 29.5. The van der Waals surface area contributed by atoms with E-state index in [9.17, 15) is 4.79 Å². The topological polar surface area (TPSA) is 83.8 Å². The highest BCUT2D eigenvalue weighted by atomic mass is 16.5. The van der Waals surface area contributed by atoms with Gasteiger partial charge in [-0.05, 0) is 66.8 Å². The summed E-state index contributed by atoms with van der Waals surface area (Å²) in [6.45, 7) is 5.70. The van der Waals surface area contributed by atoms with E-state index in [4.69, 9.17) is 23.9 Å². The number of hydrogen-bond donors (Lipinski definition) is 1. The maximum Gasteiger partial charge on any atom is 0.224 e. The summed E-state index contributed by atoms with van der Waals surface area (Å²) in [6.07, 6.45) is 5.29. The van der Waals surface area contributed by atoms with Crippen LogP contribution >= 0.6 is 0 Å². The minimum atomic E-state index is -0.0316. The van der Waals surface area contributed by atoms with Gasteiger partial charge >= 0.3 is 0 Å². The molecule has 0 saturated carbocycles. The second-order valence-electron chi connectivity index (χ2n) is 9.67. The number of hydrogen-bond acceptors (Lipinski definition) is 6. The molecule has 0 aliphatic rings. The highest BCUT2D eigenvalue weighted by Gasteiger charge is 2.12. The molecule has 1 aromatic heterocycles. The van der Waals surface area contributed by atoms with E-state index in [-0.39, 0.29) is 12.3 Å². The number of aryl methyl sites for hydroxylation is 2. The van der Waals surface area contributed by atoms with Crippen LogP contribution in [0.5, 0.6) is 23.0 Å². The van der Waals surface area contributed by atoms with Gasteiger partial charge in [0, 0.05) is 19.5 Å². The predicted octanol–water partition coefficient (Wildman–Crippen LogP) is 5.55. The van der Waals surface area contributed by atoms with E-state index in [1.807, 2.05) is 60.7 Å². The standard InChI is InChI=1S/C33H39N3O5/c1-5-10-24-14-17-29(31(21-24)40-4)41-20-9-19-36-27-12-7-6-11-26(27)35-32(36)13-8-18-34-33(37)23-25-15-16-28(38-2)30(22-25)39-3/h5-7,11-12,14-17,21-22H,1,8-10,13,18-20,23H2,2-4H3,(H,34,37). The molecule has 0 aliphatic heterocycles. The monoisotopic (exact) mass is 557 g/mol. The van der Waals surface area contributed by atoms with Crippen molar-refractivity contribution in [1.29, 1.82) is 0 Å². The quantitative estimate of drug-likeness (QED) is 0.144. The molecule has 1 amide bonds.